The van der Waals surface area contributed by atoms with Crippen molar-refractivity contribution in [2.75, 3.05) is 18.9 Å². The maximum Gasteiger partial charge on any atom is 0.169 e. The molecule has 1 aliphatic rings. The SMILES string of the molecule is CC(C)(C)c1c(N)nnn1C1CCOCC1. The van der Waals surface area contributed by atoms with Crippen LogP contribution in [0.25, 0.3) is 0 Å². The van der Waals surface area contributed by atoms with Gasteiger partial charge >= 0.3 is 0 Å². The van der Waals surface area contributed by atoms with Crippen LogP contribution in [0.5, 0.6) is 0 Å². The Morgan fingerprint density at radius 3 is 2.50 bits per heavy atom. The molecule has 0 aromatic carbocycles. The summed E-state index contributed by atoms with van der Waals surface area (Å²) in [6.07, 6.45) is 1.98. The molecule has 1 fully saturated rings. The third-order valence-electron chi connectivity index (χ3n) is 2.97. The first-order valence-corrected chi connectivity index (χ1v) is 5.79. The van der Waals surface area contributed by atoms with Gasteiger partial charge in [-0.1, -0.05) is 26.0 Å². The van der Waals surface area contributed by atoms with Crippen LogP contribution in [0.2, 0.25) is 0 Å². The van der Waals surface area contributed by atoms with Crippen molar-refractivity contribution in [3.63, 3.8) is 0 Å². The second-order valence-electron chi connectivity index (χ2n) is 5.36. The van der Waals surface area contributed by atoms with E-state index in [1.165, 1.54) is 0 Å². The molecule has 0 radical (unpaired) electrons. The van der Waals surface area contributed by atoms with Gasteiger partial charge in [0.15, 0.2) is 5.82 Å². The topological polar surface area (TPSA) is 66.0 Å². The molecule has 2 rings (SSSR count). The highest BCUT2D eigenvalue weighted by Gasteiger charge is 2.28. The molecule has 0 saturated carbocycles. The molecule has 2 heterocycles. The van der Waals surface area contributed by atoms with Crippen molar-refractivity contribution in [1.82, 2.24) is 15.0 Å². The lowest BCUT2D eigenvalue weighted by Crippen LogP contribution is -2.27. The van der Waals surface area contributed by atoms with Gasteiger partial charge in [-0.15, -0.1) is 5.10 Å². The van der Waals surface area contributed by atoms with Crippen LogP contribution in [-0.4, -0.2) is 28.2 Å². The van der Waals surface area contributed by atoms with E-state index in [0.717, 1.165) is 31.7 Å². The number of nitrogen functional groups attached to an aromatic ring is 1. The van der Waals surface area contributed by atoms with Crippen LogP contribution in [0.4, 0.5) is 5.82 Å². The average molecular weight is 224 g/mol. The standard InChI is InChI=1S/C11H20N4O/c1-11(2,3)9-10(12)13-14-15(9)8-4-6-16-7-5-8/h8H,4-7,12H2,1-3H3. The quantitative estimate of drug-likeness (QED) is 0.785. The van der Waals surface area contributed by atoms with E-state index >= 15 is 0 Å². The van der Waals surface area contributed by atoms with Crippen molar-refractivity contribution in [3.8, 4) is 0 Å². The average Bonchev–Trinajstić information content (AvgIpc) is 2.61. The number of ether oxygens (including phenoxy) is 1. The Morgan fingerprint density at radius 2 is 1.94 bits per heavy atom. The Balaban J connectivity index is 2.33. The summed E-state index contributed by atoms with van der Waals surface area (Å²) in [7, 11) is 0. The smallest absolute Gasteiger partial charge is 0.169 e. The fraction of sp³-hybridized carbons (Fsp3) is 0.818. The van der Waals surface area contributed by atoms with Crippen LogP contribution in [0.1, 0.15) is 45.3 Å². The van der Waals surface area contributed by atoms with E-state index in [1.807, 2.05) is 4.68 Å². The summed E-state index contributed by atoms with van der Waals surface area (Å²) in [5.41, 5.74) is 6.93. The van der Waals surface area contributed by atoms with Crippen LogP contribution < -0.4 is 5.73 Å². The van der Waals surface area contributed by atoms with Gasteiger partial charge in [-0.3, -0.25) is 0 Å². The summed E-state index contributed by atoms with van der Waals surface area (Å²) in [5.74, 6) is 0.555. The van der Waals surface area contributed by atoms with E-state index in [4.69, 9.17) is 10.5 Å². The number of hydrogen-bond acceptors (Lipinski definition) is 4. The van der Waals surface area contributed by atoms with Crippen molar-refractivity contribution >= 4 is 5.82 Å². The van der Waals surface area contributed by atoms with Crippen molar-refractivity contribution in [3.05, 3.63) is 5.69 Å². The molecule has 0 amide bonds. The van der Waals surface area contributed by atoms with Crippen molar-refractivity contribution in [1.29, 1.82) is 0 Å². The third-order valence-corrected chi connectivity index (χ3v) is 2.97. The lowest BCUT2D eigenvalue weighted by Gasteiger charge is -2.27. The first kappa shape index (κ1) is 11.4. The number of hydrogen-bond donors (Lipinski definition) is 1. The third kappa shape index (κ3) is 2.04. The van der Waals surface area contributed by atoms with E-state index in [-0.39, 0.29) is 5.41 Å². The molecule has 5 nitrogen and oxygen atoms in total. The Hall–Kier alpha value is -1.10. The minimum atomic E-state index is -0.0219. The van der Waals surface area contributed by atoms with Crippen LogP contribution in [0, 0.1) is 0 Å². The van der Waals surface area contributed by atoms with Crippen molar-refractivity contribution in [2.45, 2.75) is 45.1 Å². The Labute approximate surface area is 96.0 Å². The van der Waals surface area contributed by atoms with E-state index < -0.39 is 0 Å². The molecule has 2 N–H and O–H groups in total. The summed E-state index contributed by atoms with van der Waals surface area (Å²) in [5, 5.41) is 8.20. The molecular formula is C11H20N4O. The van der Waals surface area contributed by atoms with Gasteiger partial charge < -0.3 is 10.5 Å². The number of nitrogens with zero attached hydrogens (tertiary/aromatic N) is 3. The zero-order valence-electron chi connectivity index (χ0n) is 10.2. The molecule has 0 spiro atoms. The van der Waals surface area contributed by atoms with Crippen LogP contribution in [-0.2, 0) is 10.2 Å². The minimum Gasteiger partial charge on any atom is -0.381 e. The van der Waals surface area contributed by atoms with E-state index in [1.54, 1.807) is 0 Å². The molecule has 0 atom stereocenters. The van der Waals surface area contributed by atoms with Gasteiger partial charge in [0.25, 0.3) is 0 Å². The van der Waals surface area contributed by atoms with Gasteiger partial charge in [0.2, 0.25) is 0 Å². The van der Waals surface area contributed by atoms with Crippen LogP contribution >= 0.6 is 0 Å². The molecule has 1 aromatic rings. The van der Waals surface area contributed by atoms with Crippen molar-refractivity contribution < 1.29 is 4.74 Å². The minimum absolute atomic E-state index is 0.0219. The Morgan fingerprint density at radius 1 is 1.31 bits per heavy atom. The Bertz CT molecular complexity index is 361. The van der Waals surface area contributed by atoms with Crippen LogP contribution in [0.3, 0.4) is 0 Å². The maximum atomic E-state index is 5.91. The molecule has 5 heteroatoms. The van der Waals surface area contributed by atoms with E-state index in [2.05, 4.69) is 31.1 Å². The first-order valence-electron chi connectivity index (χ1n) is 5.79. The summed E-state index contributed by atoms with van der Waals surface area (Å²) >= 11 is 0. The second kappa shape index (κ2) is 4.05. The molecule has 90 valence electrons. The van der Waals surface area contributed by atoms with Gasteiger partial charge in [0.1, 0.15) is 0 Å². The summed E-state index contributed by atoms with van der Waals surface area (Å²) < 4.78 is 7.36. The highest BCUT2D eigenvalue weighted by atomic mass is 16.5. The fourth-order valence-corrected chi connectivity index (χ4v) is 2.22. The second-order valence-corrected chi connectivity index (χ2v) is 5.36. The summed E-state index contributed by atoms with van der Waals surface area (Å²) in [4.78, 5) is 0. The zero-order valence-corrected chi connectivity index (χ0v) is 10.2. The lowest BCUT2D eigenvalue weighted by atomic mass is 9.91. The monoisotopic (exact) mass is 224 g/mol. The molecule has 1 aromatic heterocycles. The van der Waals surface area contributed by atoms with Crippen LogP contribution in [0.15, 0.2) is 0 Å². The predicted molar refractivity (Wildman–Crippen MR) is 62.2 cm³/mol. The zero-order chi connectivity index (χ0) is 11.8. The molecular weight excluding hydrogens is 204 g/mol. The molecule has 1 saturated heterocycles. The number of nitrogens with two attached hydrogens (primary N) is 1. The summed E-state index contributed by atoms with van der Waals surface area (Å²) in [6, 6.07) is 0.382. The Kier molecular flexibility index (Phi) is 2.88. The largest absolute Gasteiger partial charge is 0.381 e. The van der Waals surface area contributed by atoms with E-state index in [0.29, 0.717) is 11.9 Å². The predicted octanol–water partition coefficient (Wildman–Crippen LogP) is 1.51. The molecule has 16 heavy (non-hydrogen) atoms. The molecule has 0 aliphatic carbocycles. The molecule has 0 unspecified atom stereocenters. The van der Waals surface area contributed by atoms with Gasteiger partial charge in [-0.25, -0.2) is 4.68 Å². The lowest BCUT2D eigenvalue weighted by molar-refractivity contribution is 0.0641. The first-order chi connectivity index (χ1) is 7.50. The van der Waals surface area contributed by atoms with Crippen molar-refractivity contribution in [2.24, 2.45) is 0 Å². The highest BCUT2D eigenvalue weighted by molar-refractivity contribution is 5.38. The van der Waals surface area contributed by atoms with E-state index in [9.17, 15) is 0 Å². The maximum absolute atomic E-state index is 5.91. The molecule has 0 bridgehead atoms. The fourth-order valence-electron chi connectivity index (χ4n) is 2.22. The van der Waals surface area contributed by atoms with Gasteiger partial charge in [0, 0.05) is 18.6 Å². The van der Waals surface area contributed by atoms with Gasteiger partial charge in [0.05, 0.1) is 11.7 Å². The normalized spacial score (nSPS) is 18.9. The number of anilines is 1. The number of rotatable bonds is 1. The molecule has 1 aliphatic heterocycles. The van der Waals surface area contributed by atoms with Gasteiger partial charge in [-0.2, -0.15) is 0 Å². The summed E-state index contributed by atoms with van der Waals surface area (Å²) in [6.45, 7) is 8.01. The highest BCUT2D eigenvalue weighted by Crippen LogP contribution is 2.31. The number of aromatic nitrogens is 3. The van der Waals surface area contributed by atoms with Gasteiger partial charge in [-0.05, 0) is 12.8 Å².